The first-order chi connectivity index (χ1) is 5.13. The van der Waals surface area contributed by atoms with Gasteiger partial charge in [0.25, 0.3) is 0 Å². The Morgan fingerprint density at radius 2 is 2.18 bits per heavy atom. The number of hydrogen-bond acceptors (Lipinski definition) is 2. The van der Waals surface area contributed by atoms with E-state index in [-0.39, 0.29) is 10.8 Å². The van der Waals surface area contributed by atoms with Gasteiger partial charge >= 0.3 is 0 Å². The van der Waals surface area contributed by atoms with Crippen LogP contribution in [0.1, 0.15) is 18.0 Å². The van der Waals surface area contributed by atoms with Gasteiger partial charge in [-0.15, -0.1) is 11.6 Å². The molecule has 0 aromatic carbocycles. The summed E-state index contributed by atoms with van der Waals surface area (Å²) in [5.74, 6) is -0.642. The predicted octanol–water partition coefficient (Wildman–Crippen LogP) is 2.57. The highest BCUT2D eigenvalue weighted by molar-refractivity contribution is 6.29. The van der Waals surface area contributed by atoms with Crippen molar-refractivity contribution in [3.05, 3.63) is 23.0 Å². The zero-order valence-corrected chi connectivity index (χ0v) is 7.19. The van der Waals surface area contributed by atoms with Gasteiger partial charge in [0, 0.05) is 0 Å². The van der Waals surface area contributed by atoms with E-state index < -0.39 is 11.2 Å². The van der Waals surface area contributed by atoms with Crippen molar-refractivity contribution in [2.45, 2.75) is 12.3 Å². The van der Waals surface area contributed by atoms with E-state index in [1.165, 1.54) is 6.33 Å². The third-order valence-corrected chi connectivity index (χ3v) is 1.62. The molecule has 0 radical (unpaired) electrons. The molecule has 0 aliphatic rings. The second-order valence-corrected chi connectivity index (χ2v) is 2.99. The maximum atomic E-state index is 12.9. The number of alkyl halides is 1. The van der Waals surface area contributed by atoms with Gasteiger partial charge in [0.15, 0.2) is 11.0 Å². The van der Waals surface area contributed by atoms with Crippen LogP contribution in [0.3, 0.4) is 0 Å². The Hall–Kier alpha value is -0.410. The highest BCUT2D eigenvalue weighted by atomic mass is 35.5. The third kappa shape index (κ3) is 1.79. The van der Waals surface area contributed by atoms with Crippen LogP contribution in [-0.2, 0) is 0 Å². The van der Waals surface area contributed by atoms with Crippen molar-refractivity contribution in [3.63, 3.8) is 0 Å². The average molecular weight is 195 g/mol. The summed E-state index contributed by atoms with van der Waals surface area (Å²) in [6, 6.07) is 0. The summed E-state index contributed by atoms with van der Waals surface area (Å²) >= 11 is 11.0. The zero-order valence-electron chi connectivity index (χ0n) is 5.68. The Morgan fingerprint density at radius 3 is 2.64 bits per heavy atom. The monoisotopic (exact) mass is 194 g/mol. The molecule has 0 aliphatic carbocycles. The van der Waals surface area contributed by atoms with Gasteiger partial charge in [0.1, 0.15) is 6.33 Å². The van der Waals surface area contributed by atoms with E-state index in [9.17, 15) is 4.39 Å². The van der Waals surface area contributed by atoms with Crippen LogP contribution in [0.25, 0.3) is 0 Å². The second-order valence-electron chi connectivity index (χ2n) is 1.98. The molecule has 0 amide bonds. The third-order valence-electron chi connectivity index (χ3n) is 1.15. The molecule has 5 heteroatoms. The SMILES string of the molecule is CC(Cl)c1ncnc(Cl)c1F. The van der Waals surface area contributed by atoms with Crippen LogP contribution in [0, 0.1) is 5.82 Å². The Labute approximate surface area is 73.4 Å². The fourth-order valence-electron chi connectivity index (χ4n) is 0.638. The van der Waals surface area contributed by atoms with Gasteiger partial charge in [-0.25, -0.2) is 14.4 Å². The van der Waals surface area contributed by atoms with Crippen molar-refractivity contribution in [2.75, 3.05) is 0 Å². The minimum absolute atomic E-state index is 0.131. The van der Waals surface area contributed by atoms with Gasteiger partial charge in [-0.2, -0.15) is 0 Å². The maximum absolute atomic E-state index is 12.9. The molecule has 60 valence electrons. The van der Waals surface area contributed by atoms with Crippen LogP contribution in [-0.4, -0.2) is 9.97 Å². The van der Waals surface area contributed by atoms with Crippen LogP contribution in [0.5, 0.6) is 0 Å². The number of hydrogen-bond donors (Lipinski definition) is 0. The molecule has 0 saturated carbocycles. The van der Waals surface area contributed by atoms with Crippen molar-refractivity contribution in [1.82, 2.24) is 9.97 Å². The minimum Gasteiger partial charge on any atom is -0.237 e. The summed E-state index contributed by atoms with van der Waals surface area (Å²) in [5.41, 5.74) is 0.131. The highest BCUT2D eigenvalue weighted by Gasteiger charge is 2.12. The second kappa shape index (κ2) is 3.32. The van der Waals surface area contributed by atoms with Crippen LogP contribution in [0.15, 0.2) is 6.33 Å². The van der Waals surface area contributed by atoms with Gasteiger partial charge in [-0.05, 0) is 6.92 Å². The molecule has 11 heavy (non-hydrogen) atoms. The summed E-state index contributed by atoms with van der Waals surface area (Å²) in [5, 5.41) is -0.682. The molecule has 1 aromatic rings. The van der Waals surface area contributed by atoms with Crippen molar-refractivity contribution >= 4 is 23.2 Å². The number of rotatable bonds is 1. The fraction of sp³-hybridized carbons (Fsp3) is 0.333. The molecule has 1 unspecified atom stereocenters. The largest absolute Gasteiger partial charge is 0.237 e. The minimum atomic E-state index is -0.642. The molecule has 0 N–H and O–H groups in total. The predicted molar refractivity (Wildman–Crippen MR) is 41.3 cm³/mol. The molecule has 1 atom stereocenters. The van der Waals surface area contributed by atoms with E-state index in [0.29, 0.717) is 0 Å². The summed E-state index contributed by atoms with van der Waals surface area (Å²) in [6.07, 6.45) is 1.18. The Bertz CT molecular complexity index is 265. The van der Waals surface area contributed by atoms with Crippen LogP contribution in [0.4, 0.5) is 4.39 Å². The molecule has 1 aromatic heterocycles. The number of nitrogens with zero attached hydrogens (tertiary/aromatic N) is 2. The van der Waals surface area contributed by atoms with Crippen molar-refractivity contribution in [2.24, 2.45) is 0 Å². The van der Waals surface area contributed by atoms with Crippen LogP contribution < -0.4 is 0 Å². The first-order valence-electron chi connectivity index (χ1n) is 2.93. The lowest BCUT2D eigenvalue weighted by Gasteiger charge is -2.02. The lowest BCUT2D eigenvalue weighted by molar-refractivity contribution is 0.591. The van der Waals surface area contributed by atoms with E-state index in [4.69, 9.17) is 23.2 Å². The first kappa shape index (κ1) is 8.68. The molecular weight excluding hydrogens is 190 g/mol. The van der Waals surface area contributed by atoms with E-state index in [1.54, 1.807) is 6.92 Å². The summed E-state index contributed by atoms with van der Waals surface area (Å²) in [7, 11) is 0. The number of aromatic nitrogens is 2. The van der Waals surface area contributed by atoms with E-state index >= 15 is 0 Å². The van der Waals surface area contributed by atoms with Gasteiger partial charge < -0.3 is 0 Å². The topological polar surface area (TPSA) is 25.8 Å². The van der Waals surface area contributed by atoms with E-state index in [2.05, 4.69) is 9.97 Å². The lowest BCUT2D eigenvalue weighted by atomic mass is 10.3. The molecule has 2 nitrogen and oxygen atoms in total. The Kier molecular flexibility index (Phi) is 2.62. The summed E-state index contributed by atoms with van der Waals surface area (Å²) in [6.45, 7) is 1.61. The van der Waals surface area contributed by atoms with Gasteiger partial charge in [0.2, 0.25) is 0 Å². The van der Waals surface area contributed by atoms with E-state index in [0.717, 1.165) is 0 Å². The molecule has 0 bridgehead atoms. The molecule has 0 aliphatic heterocycles. The maximum Gasteiger partial charge on any atom is 0.183 e. The van der Waals surface area contributed by atoms with Crippen LogP contribution >= 0.6 is 23.2 Å². The normalized spacial score (nSPS) is 13.1. The Morgan fingerprint density at radius 1 is 1.55 bits per heavy atom. The van der Waals surface area contributed by atoms with Gasteiger partial charge in [0.05, 0.1) is 11.1 Å². The zero-order chi connectivity index (χ0) is 8.43. The summed E-state index contributed by atoms with van der Waals surface area (Å²) < 4.78 is 12.9. The molecule has 0 saturated heterocycles. The lowest BCUT2D eigenvalue weighted by Crippen LogP contribution is -1.97. The van der Waals surface area contributed by atoms with Crippen molar-refractivity contribution in [1.29, 1.82) is 0 Å². The molecular formula is C6H5Cl2FN2. The first-order valence-corrected chi connectivity index (χ1v) is 3.74. The standard InChI is InChI=1S/C6H5Cl2FN2/c1-3(7)5-4(9)6(8)11-2-10-5/h2-3H,1H3. The quantitative estimate of drug-likeness (QED) is 0.508. The average Bonchev–Trinajstić information content (AvgIpc) is 1.94. The van der Waals surface area contributed by atoms with Gasteiger partial charge in [-0.3, -0.25) is 0 Å². The van der Waals surface area contributed by atoms with Gasteiger partial charge in [-0.1, -0.05) is 11.6 Å². The van der Waals surface area contributed by atoms with E-state index in [1.807, 2.05) is 0 Å². The smallest absolute Gasteiger partial charge is 0.183 e. The Balaban J connectivity index is 3.17. The number of halogens is 3. The fourth-order valence-corrected chi connectivity index (χ4v) is 0.931. The van der Waals surface area contributed by atoms with Crippen molar-refractivity contribution in [3.8, 4) is 0 Å². The van der Waals surface area contributed by atoms with Crippen LogP contribution in [0.2, 0.25) is 5.15 Å². The summed E-state index contributed by atoms with van der Waals surface area (Å²) in [4.78, 5) is 7.08. The molecule has 1 heterocycles. The molecule has 0 spiro atoms. The molecule has 0 fully saturated rings. The van der Waals surface area contributed by atoms with Crippen molar-refractivity contribution < 1.29 is 4.39 Å². The highest BCUT2D eigenvalue weighted by Crippen LogP contribution is 2.22. The molecule has 1 rings (SSSR count).